The summed E-state index contributed by atoms with van der Waals surface area (Å²) in [6, 6.07) is 7.95. The second-order valence-electron chi connectivity index (χ2n) is 12.1. The van der Waals surface area contributed by atoms with Crippen molar-refractivity contribution in [2.24, 2.45) is 24.3 Å². The number of fused-ring (bicyclic) bond motifs is 1. The Labute approximate surface area is 239 Å². The summed E-state index contributed by atoms with van der Waals surface area (Å²) in [6.45, 7) is 8.02. The zero-order valence-electron chi connectivity index (χ0n) is 22.7. The molecule has 3 aliphatic rings. The van der Waals surface area contributed by atoms with Gasteiger partial charge in [0.15, 0.2) is 5.82 Å². The van der Waals surface area contributed by atoms with Crippen LogP contribution >= 0.6 is 23.2 Å². The lowest BCUT2D eigenvalue weighted by atomic mass is 9.65. The third kappa shape index (κ3) is 4.96. The number of halogens is 2. The van der Waals surface area contributed by atoms with Crippen LogP contribution in [0.1, 0.15) is 51.1 Å². The molecule has 3 aromatic rings. The van der Waals surface area contributed by atoms with Gasteiger partial charge in [-0.05, 0) is 81.7 Å². The number of nitrogens with one attached hydrogen (secondary N) is 1. The minimum atomic E-state index is -0.656. The van der Waals surface area contributed by atoms with Crippen molar-refractivity contribution in [2.45, 2.75) is 51.6 Å². The van der Waals surface area contributed by atoms with Crippen molar-refractivity contribution in [1.29, 1.82) is 0 Å². The summed E-state index contributed by atoms with van der Waals surface area (Å²) in [4.78, 5) is 26.3. The molecule has 2 aliphatic heterocycles. The monoisotopic (exact) mass is 570 g/mol. The molecule has 6 rings (SSSR count). The van der Waals surface area contributed by atoms with Gasteiger partial charge < -0.3 is 24.8 Å². The molecule has 1 aromatic carbocycles. The molecule has 208 valence electrons. The second-order valence-corrected chi connectivity index (χ2v) is 12.9. The molecular formula is C29H36Cl2N6O2. The molecule has 2 atom stereocenters. The van der Waals surface area contributed by atoms with Gasteiger partial charge in [-0.2, -0.15) is 4.98 Å². The number of carboxylic acids is 1. The number of anilines is 2. The van der Waals surface area contributed by atoms with E-state index in [0.717, 1.165) is 67.4 Å². The van der Waals surface area contributed by atoms with Gasteiger partial charge in [0.2, 0.25) is 5.95 Å². The molecule has 4 heterocycles. The maximum Gasteiger partial charge on any atom is 0.309 e. The van der Waals surface area contributed by atoms with Crippen LogP contribution in [0.3, 0.4) is 0 Å². The minimum Gasteiger partial charge on any atom is -0.481 e. The number of carboxylic acid groups (broad SMARTS) is 1. The number of hydrogen-bond donors (Lipinski definition) is 2. The fourth-order valence-electron chi connectivity index (χ4n) is 6.70. The molecule has 3 fully saturated rings. The summed E-state index contributed by atoms with van der Waals surface area (Å²) >= 11 is 12.6. The number of aliphatic carboxylic acids is 1. The van der Waals surface area contributed by atoms with Crippen LogP contribution in [-0.2, 0) is 11.8 Å². The molecule has 2 aromatic heterocycles. The first kappa shape index (κ1) is 26.7. The molecule has 39 heavy (non-hydrogen) atoms. The van der Waals surface area contributed by atoms with Crippen LogP contribution < -0.4 is 10.2 Å². The fraction of sp³-hybridized carbons (Fsp3) is 0.552. The lowest BCUT2D eigenvalue weighted by molar-refractivity contribution is -0.158. The molecule has 0 bridgehead atoms. The van der Waals surface area contributed by atoms with Gasteiger partial charge in [-0.25, -0.2) is 4.98 Å². The Morgan fingerprint density at radius 2 is 1.92 bits per heavy atom. The van der Waals surface area contributed by atoms with Crippen LogP contribution in [0.15, 0.2) is 30.5 Å². The summed E-state index contributed by atoms with van der Waals surface area (Å²) in [7, 11) is 2.01. The summed E-state index contributed by atoms with van der Waals surface area (Å²) < 4.78 is 2.04. The average Bonchev–Trinajstić information content (AvgIpc) is 3.22. The highest BCUT2D eigenvalue weighted by Gasteiger charge is 2.49. The molecular weight excluding hydrogens is 535 g/mol. The molecule has 8 nitrogen and oxygen atoms in total. The van der Waals surface area contributed by atoms with Crippen LogP contribution in [0.4, 0.5) is 11.8 Å². The number of carbonyl (C=O) groups is 1. The van der Waals surface area contributed by atoms with E-state index in [2.05, 4.69) is 22.0 Å². The standard InChI is InChI=1S/C29H36Cl2N6O2/c1-17(22-7-6-20(30)11-23(22)31)32-26-25-24(8-10-35(25)3)33-28(34-26)37-15-19(16-37)18-5-4-9-36(14-18)21-12-29(2,13-21)27(38)39/h6-8,10-11,17-19,21H,4-5,9,12-16H2,1-3H3,(H,38,39)(H,32,33,34)/t17?,18-,21?,29?/m0/s1. The van der Waals surface area contributed by atoms with E-state index in [4.69, 9.17) is 33.2 Å². The van der Waals surface area contributed by atoms with Gasteiger partial charge >= 0.3 is 5.97 Å². The van der Waals surface area contributed by atoms with Crippen molar-refractivity contribution in [1.82, 2.24) is 19.4 Å². The summed E-state index contributed by atoms with van der Waals surface area (Å²) in [5.41, 5.74) is 2.30. The highest BCUT2D eigenvalue weighted by Crippen LogP contribution is 2.45. The quantitative estimate of drug-likeness (QED) is 0.368. The first-order valence-corrected chi connectivity index (χ1v) is 14.6. The minimum absolute atomic E-state index is 0.0672. The predicted molar refractivity (Wildman–Crippen MR) is 156 cm³/mol. The number of likely N-dealkylation sites (tertiary alicyclic amines) is 1. The maximum absolute atomic E-state index is 11.5. The number of aryl methyl sites for hydroxylation is 1. The third-order valence-corrected chi connectivity index (χ3v) is 9.81. The van der Waals surface area contributed by atoms with Gasteiger partial charge in [0.25, 0.3) is 0 Å². The Morgan fingerprint density at radius 1 is 1.15 bits per heavy atom. The third-order valence-electron chi connectivity index (χ3n) is 9.24. The molecule has 2 N–H and O–H groups in total. The molecule has 1 unspecified atom stereocenters. The number of nitrogens with zero attached hydrogens (tertiary/aromatic N) is 5. The van der Waals surface area contributed by atoms with E-state index < -0.39 is 11.4 Å². The van der Waals surface area contributed by atoms with Gasteiger partial charge in [0, 0.05) is 49.0 Å². The smallest absolute Gasteiger partial charge is 0.309 e. The van der Waals surface area contributed by atoms with Gasteiger partial charge in [0.1, 0.15) is 5.52 Å². The SMILES string of the molecule is CC(Nc1nc(N2CC([C@H]3CCCN(C4CC(C)(C(=O)O)C4)C3)C2)nc2ccn(C)c12)c1ccc(Cl)cc1Cl. The van der Waals surface area contributed by atoms with Crippen LogP contribution in [-0.4, -0.2) is 62.7 Å². The largest absolute Gasteiger partial charge is 0.481 e. The first-order valence-electron chi connectivity index (χ1n) is 13.9. The molecule has 1 saturated carbocycles. The maximum atomic E-state index is 11.5. The molecule has 0 radical (unpaired) electrons. The number of benzene rings is 1. The first-order chi connectivity index (χ1) is 18.6. The molecule has 0 amide bonds. The Bertz CT molecular complexity index is 1400. The van der Waals surface area contributed by atoms with E-state index >= 15 is 0 Å². The Kier molecular flexibility index (Phi) is 6.92. The van der Waals surface area contributed by atoms with Crippen LogP contribution in [0.2, 0.25) is 10.0 Å². The Hall–Kier alpha value is -2.55. The molecule has 2 saturated heterocycles. The molecule has 10 heteroatoms. The number of rotatable bonds is 7. The number of hydrogen-bond acceptors (Lipinski definition) is 6. The van der Waals surface area contributed by atoms with Gasteiger partial charge in [-0.15, -0.1) is 0 Å². The average molecular weight is 572 g/mol. The second kappa shape index (κ2) is 10.1. The number of aromatic nitrogens is 3. The van der Waals surface area contributed by atoms with Crippen molar-refractivity contribution in [3.05, 3.63) is 46.1 Å². The molecule has 0 spiro atoms. The highest BCUT2D eigenvalue weighted by molar-refractivity contribution is 6.35. The van der Waals surface area contributed by atoms with Crippen molar-refractivity contribution in [3.63, 3.8) is 0 Å². The van der Waals surface area contributed by atoms with Gasteiger partial charge in [-0.3, -0.25) is 4.79 Å². The predicted octanol–water partition coefficient (Wildman–Crippen LogP) is 5.85. The number of piperidine rings is 1. The van der Waals surface area contributed by atoms with E-state index in [1.807, 2.05) is 42.9 Å². The van der Waals surface area contributed by atoms with Crippen LogP contribution in [0.25, 0.3) is 11.0 Å². The summed E-state index contributed by atoms with van der Waals surface area (Å²) in [5.74, 6) is 2.14. The van der Waals surface area contributed by atoms with E-state index in [0.29, 0.717) is 27.9 Å². The van der Waals surface area contributed by atoms with Crippen LogP contribution in [0, 0.1) is 17.3 Å². The summed E-state index contributed by atoms with van der Waals surface area (Å²) in [6.07, 6.45) is 5.98. The van der Waals surface area contributed by atoms with E-state index in [1.54, 1.807) is 6.07 Å². The summed E-state index contributed by atoms with van der Waals surface area (Å²) in [5, 5.41) is 14.3. The zero-order chi connectivity index (χ0) is 27.5. The van der Waals surface area contributed by atoms with Crippen LogP contribution in [0.5, 0.6) is 0 Å². The fourth-order valence-corrected chi connectivity index (χ4v) is 7.27. The van der Waals surface area contributed by atoms with E-state index in [1.165, 1.54) is 12.8 Å². The Balaban J connectivity index is 1.14. The lowest BCUT2D eigenvalue weighted by Gasteiger charge is -2.52. The van der Waals surface area contributed by atoms with Crippen molar-refractivity contribution >= 4 is 52.0 Å². The van der Waals surface area contributed by atoms with Crippen molar-refractivity contribution in [2.75, 3.05) is 36.4 Å². The van der Waals surface area contributed by atoms with Gasteiger partial charge in [0.05, 0.1) is 17.0 Å². The van der Waals surface area contributed by atoms with Crippen molar-refractivity contribution in [3.8, 4) is 0 Å². The lowest BCUT2D eigenvalue weighted by Crippen LogP contribution is -2.58. The zero-order valence-corrected chi connectivity index (χ0v) is 24.2. The Morgan fingerprint density at radius 3 is 2.64 bits per heavy atom. The highest BCUT2D eigenvalue weighted by atomic mass is 35.5. The molecule has 1 aliphatic carbocycles. The van der Waals surface area contributed by atoms with E-state index in [-0.39, 0.29) is 6.04 Å². The van der Waals surface area contributed by atoms with E-state index in [9.17, 15) is 9.90 Å². The normalized spacial score (nSPS) is 26.7. The topological polar surface area (TPSA) is 86.5 Å². The van der Waals surface area contributed by atoms with Gasteiger partial charge in [-0.1, -0.05) is 29.3 Å². The van der Waals surface area contributed by atoms with Crippen molar-refractivity contribution < 1.29 is 9.90 Å².